The molecule has 0 aliphatic heterocycles. The summed E-state index contributed by atoms with van der Waals surface area (Å²) in [7, 11) is 1.62. The molecule has 0 unspecified atom stereocenters. The van der Waals surface area contributed by atoms with Crippen LogP contribution < -0.4 is 0 Å². The number of amides is 1. The van der Waals surface area contributed by atoms with Crippen molar-refractivity contribution >= 4 is 11.9 Å². The first-order valence-corrected chi connectivity index (χ1v) is 3.92. The smallest absolute Gasteiger partial charge is 0.305 e. The van der Waals surface area contributed by atoms with Crippen LogP contribution in [0.4, 0.5) is 0 Å². The maximum absolute atomic E-state index is 11.2. The number of nitrogens with zero attached hydrogens (tertiary/aromatic N) is 1. The van der Waals surface area contributed by atoms with Crippen molar-refractivity contribution in [1.29, 1.82) is 0 Å². The molecule has 0 heterocycles. The Morgan fingerprint density at radius 1 is 1.42 bits per heavy atom. The van der Waals surface area contributed by atoms with Gasteiger partial charge in [0.05, 0.1) is 6.42 Å². The number of aliphatic carboxylic acids is 1. The highest BCUT2D eigenvalue weighted by molar-refractivity contribution is 5.78. The van der Waals surface area contributed by atoms with Gasteiger partial charge in [-0.3, -0.25) is 9.59 Å². The lowest BCUT2D eigenvalue weighted by molar-refractivity contribution is -0.138. The highest BCUT2D eigenvalue weighted by atomic mass is 16.4. The third kappa shape index (κ3) is 3.95. The molecule has 0 spiro atoms. The first-order chi connectivity index (χ1) is 5.45. The average molecular weight is 173 g/mol. The largest absolute Gasteiger partial charge is 0.481 e. The predicted octanol–water partition coefficient (Wildman–Crippen LogP) is 0.575. The molecule has 0 aliphatic carbocycles. The molecule has 0 saturated heterocycles. The molecule has 0 aromatic rings. The number of hydrogen-bond donors (Lipinski definition) is 1. The normalized spacial score (nSPS) is 10.0. The molecule has 0 atom stereocenters. The lowest BCUT2D eigenvalue weighted by Gasteiger charge is -2.17. The third-order valence-corrected chi connectivity index (χ3v) is 1.53. The van der Waals surface area contributed by atoms with E-state index in [0.29, 0.717) is 0 Å². The van der Waals surface area contributed by atoms with E-state index < -0.39 is 5.97 Å². The highest BCUT2D eigenvalue weighted by Crippen LogP contribution is 1.99. The second-order valence-electron chi connectivity index (χ2n) is 3.06. The van der Waals surface area contributed by atoms with Crippen LogP contribution in [0.15, 0.2) is 0 Å². The van der Waals surface area contributed by atoms with Gasteiger partial charge in [-0.2, -0.15) is 0 Å². The molecule has 4 nitrogen and oxygen atoms in total. The van der Waals surface area contributed by atoms with Gasteiger partial charge in [-0.15, -0.1) is 0 Å². The zero-order valence-electron chi connectivity index (χ0n) is 7.70. The molecular weight excluding hydrogens is 158 g/mol. The quantitative estimate of drug-likeness (QED) is 0.676. The van der Waals surface area contributed by atoms with Crippen LogP contribution in [0.5, 0.6) is 0 Å². The molecular formula is C8H15NO3. The molecule has 0 radical (unpaired) electrons. The second kappa shape index (κ2) is 4.74. The average Bonchev–Trinajstić information content (AvgIpc) is 1.98. The lowest BCUT2D eigenvalue weighted by Crippen LogP contribution is -2.32. The SMILES string of the molecule is CC(C)C(=O)N(C)CCC(=O)O. The molecule has 0 fully saturated rings. The van der Waals surface area contributed by atoms with Crippen LogP contribution in [0.1, 0.15) is 20.3 Å². The molecule has 0 aromatic heterocycles. The van der Waals surface area contributed by atoms with Gasteiger partial charge in [-0.25, -0.2) is 0 Å². The minimum absolute atomic E-state index is 0.00889. The Labute approximate surface area is 72.2 Å². The van der Waals surface area contributed by atoms with Crippen molar-refractivity contribution in [2.24, 2.45) is 5.92 Å². The van der Waals surface area contributed by atoms with Crippen LogP contribution >= 0.6 is 0 Å². The summed E-state index contributed by atoms with van der Waals surface area (Å²) in [6.07, 6.45) is 0.00889. The van der Waals surface area contributed by atoms with Gasteiger partial charge in [0.2, 0.25) is 5.91 Å². The van der Waals surface area contributed by atoms with Crippen LogP contribution in [-0.2, 0) is 9.59 Å². The summed E-state index contributed by atoms with van der Waals surface area (Å²) < 4.78 is 0. The van der Waals surface area contributed by atoms with E-state index in [1.54, 1.807) is 20.9 Å². The van der Waals surface area contributed by atoms with Crippen molar-refractivity contribution < 1.29 is 14.7 Å². The first kappa shape index (κ1) is 10.9. The molecule has 1 N–H and O–H groups in total. The Balaban J connectivity index is 3.79. The molecule has 0 aromatic carbocycles. The molecule has 12 heavy (non-hydrogen) atoms. The molecule has 0 rings (SSSR count). The Hall–Kier alpha value is -1.06. The maximum Gasteiger partial charge on any atom is 0.305 e. The van der Waals surface area contributed by atoms with Gasteiger partial charge in [0, 0.05) is 19.5 Å². The Morgan fingerprint density at radius 2 is 1.92 bits per heavy atom. The fraction of sp³-hybridized carbons (Fsp3) is 0.750. The van der Waals surface area contributed by atoms with Crippen molar-refractivity contribution in [1.82, 2.24) is 4.90 Å². The molecule has 0 bridgehead atoms. The zero-order valence-corrected chi connectivity index (χ0v) is 7.70. The van der Waals surface area contributed by atoms with E-state index in [4.69, 9.17) is 5.11 Å². The van der Waals surface area contributed by atoms with Crippen LogP contribution in [0.2, 0.25) is 0 Å². The van der Waals surface area contributed by atoms with E-state index in [-0.39, 0.29) is 24.8 Å². The molecule has 0 aliphatic rings. The van der Waals surface area contributed by atoms with Gasteiger partial charge >= 0.3 is 5.97 Å². The number of rotatable bonds is 4. The Bertz CT molecular complexity index is 177. The summed E-state index contributed by atoms with van der Waals surface area (Å²) in [5.74, 6) is -0.960. The van der Waals surface area contributed by atoms with Crippen molar-refractivity contribution in [3.05, 3.63) is 0 Å². The summed E-state index contributed by atoms with van der Waals surface area (Å²) in [6.45, 7) is 3.87. The monoisotopic (exact) mass is 173 g/mol. The van der Waals surface area contributed by atoms with E-state index in [1.165, 1.54) is 4.90 Å². The van der Waals surface area contributed by atoms with Crippen LogP contribution in [0, 0.1) is 5.92 Å². The standard InChI is InChI=1S/C8H15NO3/c1-6(2)8(12)9(3)5-4-7(10)11/h6H,4-5H2,1-3H3,(H,10,11). The number of carbonyl (C=O) groups excluding carboxylic acids is 1. The van der Waals surface area contributed by atoms with Gasteiger partial charge < -0.3 is 10.0 Å². The van der Waals surface area contributed by atoms with Crippen molar-refractivity contribution in [2.45, 2.75) is 20.3 Å². The van der Waals surface area contributed by atoms with E-state index in [0.717, 1.165) is 0 Å². The van der Waals surface area contributed by atoms with E-state index >= 15 is 0 Å². The number of carboxylic acid groups (broad SMARTS) is 1. The minimum atomic E-state index is -0.876. The van der Waals surface area contributed by atoms with Crippen molar-refractivity contribution in [3.8, 4) is 0 Å². The fourth-order valence-corrected chi connectivity index (χ4v) is 0.814. The number of carbonyl (C=O) groups is 2. The highest BCUT2D eigenvalue weighted by Gasteiger charge is 2.13. The Morgan fingerprint density at radius 3 is 2.25 bits per heavy atom. The summed E-state index contributed by atoms with van der Waals surface area (Å²) in [6, 6.07) is 0. The fourth-order valence-electron chi connectivity index (χ4n) is 0.814. The molecule has 4 heteroatoms. The third-order valence-electron chi connectivity index (χ3n) is 1.53. The molecule has 1 amide bonds. The maximum atomic E-state index is 11.2. The minimum Gasteiger partial charge on any atom is -0.481 e. The summed E-state index contributed by atoms with van der Waals surface area (Å²) in [5, 5.41) is 8.34. The van der Waals surface area contributed by atoms with Gasteiger partial charge in [-0.1, -0.05) is 13.8 Å². The second-order valence-corrected chi connectivity index (χ2v) is 3.06. The van der Waals surface area contributed by atoms with Gasteiger partial charge in [0.1, 0.15) is 0 Å². The van der Waals surface area contributed by atoms with E-state index in [1.807, 2.05) is 0 Å². The predicted molar refractivity (Wildman–Crippen MR) is 44.7 cm³/mol. The zero-order chi connectivity index (χ0) is 9.72. The summed E-state index contributed by atoms with van der Waals surface area (Å²) >= 11 is 0. The van der Waals surface area contributed by atoms with E-state index in [9.17, 15) is 9.59 Å². The van der Waals surface area contributed by atoms with Crippen LogP contribution in [-0.4, -0.2) is 35.5 Å². The van der Waals surface area contributed by atoms with Crippen LogP contribution in [0.3, 0.4) is 0 Å². The van der Waals surface area contributed by atoms with Gasteiger partial charge in [0.25, 0.3) is 0 Å². The molecule has 0 saturated carbocycles. The molecule has 70 valence electrons. The van der Waals surface area contributed by atoms with Gasteiger partial charge in [0.15, 0.2) is 0 Å². The van der Waals surface area contributed by atoms with Crippen molar-refractivity contribution in [3.63, 3.8) is 0 Å². The lowest BCUT2D eigenvalue weighted by atomic mass is 10.2. The summed E-state index contributed by atoms with van der Waals surface area (Å²) in [4.78, 5) is 22.8. The first-order valence-electron chi connectivity index (χ1n) is 3.92. The Kier molecular flexibility index (Phi) is 4.33. The number of hydrogen-bond acceptors (Lipinski definition) is 2. The number of carboxylic acids is 1. The van der Waals surface area contributed by atoms with Crippen molar-refractivity contribution in [2.75, 3.05) is 13.6 Å². The summed E-state index contributed by atoms with van der Waals surface area (Å²) in [5.41, 5.74) is 0. The topological polar surface area (TPSA) is 57.6 Å². The van der Waals surface area contributed by atoms with E-state index in [2.05, 4.69) is 0 Å². The van der Waals surface area contributed by atoms with Gasteiger partial charge in [-0.05, 0) is 0 Å². The van der Waals surface area contributed by atoms with Crippen LogP contribution in [0.25, 0.3) is 0 Å².